The van der Waals surface area contributed by atoms with Crippen molar-refractivity contribution in [1.82, 2.24) is 50.5 Å². The van der Waals surface area contributed by atoms with Gasteiger partial charge in [-0.25, -0.2) is 15.0 Å². The van der Waals surface area contributed by atoms with Gasteiger partial charge in [-0.1, -0.05) is 57.2 Å². The highest BCUT2D eigenvalue weighted by Gasteiger charge is 2.45. The Kier molecular flexibility index (Phi) is 14.7. The first-order valence-corrected chi connectivity index (χ1v) is 26.8. The number of β-amino-alcohol motifs (C(OH)–C–C–N with tert-alkyl or cyclic N) is 1. The molecule has 73 heavy (non-hydrogen) atoms. The van der Waals surface area contributed by atoms with Gasteiger partial charge in [-0.15, -0.1) is 21.5 Å². The summed E-state index contributed by atoms with van der Waals surface area (Å²) < 4.78 is 0. The summed E-state index contributed by atoms with van der Waals surface area (Å²) in [6.45, 7) is 13.0. The third-order valence-corrected chi connectivity index (χ3v) is 16.8. The van der Waals surface area contributed by atoms with Gasteiger partial charge in [0.05, 0.1) is 40.1 Å². The number of phenolic OH excluding ortho intramolecular Hbond substituents is 1. The monoisotopic (exact) mass is 1010 g/mol. The van der Waals surface area contributed by atoms with Gasteiger partial charge in [0.2, 0.25) is 23.7 Å². The largest absolute Gasteiger partial charge is 0.507 e. The zero-order valence-corrected chi connectivity index (χ0v) is 43.2. The Morgan fingerprint density at radius 1 is 0.863 bits per heavy atom. The highest BCUT2D eigenvalue weighted by molar-refractivity contribution is 7.13. The standard InChI is InChI=1S/C54H69N13O5S/c1-33-48(73-32-59-33)36-11-9-34(10-12-36)25-56-51(71)45-23-41(68)30-66(45)52(72)49(54(2,3)4)60-47(70)31-63-19-21-64(22-20-63)38-15-13-35(14-16-38)37-26-57-53(58-27-37)67-39-17-18-40(67)29-65(28-39)44-24-43(61-62-50(44)55)42-7-5-6-8-46(42)69/h5-12,24,26-27,32,35,38-41,45,49,68-69H,13-23,25,28-31H2,1-4H3,(H2,55,62)(H,56,71)(H,60,70)/t35?,38?,39?,40?,41-,45+,49?/m1/s1. The molecule has 2 aromatic carbocycles. The number of aliphatic hydroxyl groups excluding tert-OH is 1. The van der Waals surface area contributed by atoms with E-state index >= 15 is 0 Å². The van der Waals surface area contributed by atoms with Crippen LogP contribution in [0.5, 0.6) is 5.75 Å². The second-order valence-corrected chi connectivity index (χ2v) is 22.6. The van der Waals surface area contributed by atoms with Crippen molar-refractivity contribution < 1.29 is 24.6 Å². The van der Waals surface area contributed by atoms with Gasteiger partial charge in [0.25, 0.3) is 0 Å². The number of aliphatic hydroxyl groups is 1. The first-order chi connectivity index (χ1) is 35.2. The number of piperazine rings is 2. The number of nitrogen functional groups attached to an aromatic ring is 1. The summed E-state index contributed by atoms with van der Waals surface area (Å²) >= 11 is 1.59. The fourth-order valence-corrected chi connectivity index (χ4v) is 12.6. The number of thiazole rings is 1. The highest BCUT2D eigenvalue weighted by Crippen LogP contribution is 2.40. The molecule has 4 saturated heterocycles. The Morgan fingerprint density at radius 2 is 1.55 bits per heavy atom. The molecule has 0 radical (unpaired) electrons. The number of aryl methyl sites for hydroxylation is 1. The van der Waals surface area contributed by atoms with E-state index in [1.807, 2.05) is 88.1 Å². The van der Waals surface area contributed by atoms with Crippen LogP contribution in [-0.4, -0.2) is 156 Å². The van der Waals surface area contributed by atoms with Crippen LogP contribution in [-0.2, 0) is 20.9 Å². The highest BCUT2D eigenvalue weighted by atomic mass is 32.1. The number of anilines is 3. The van der Waals surface area contributed by atoms with Crippen LogP contribution in [0.25, 0.3) is 21.7 Å². The van der Waals surface area contributed by atoms with E-state index in [0.29, 0.717) is 29.0 Å². The molecule has 6 N–H and O–H groups in total. The van der Waals surface area contributed by atoms with Crippen molar-refractivity contribution in [2.24, 2.45) is 5.41 Å². The van der Waals surface area contributed by atoms with Gasteiger partial charge in [-0.2, -0.15) is 0 Å². The molecule has 1 aliphatic carbocycles. The minimum atomic E-state index is -0.878. The molecule has 1 saturated carbocycles. The molecular formula is C54H69N13O5S. The number of nitrogens with zero attached hydrogens (tertiary/aromatic N) is 10. The van der Waals surface area contributed by atoms with Crippen LogP contribution in [0.1, 0.15) is 88.5 Å². The maximum absolute atomic E-state index is 14.3. The Balaban J connectivity index is 0.670. The number of carbonyl (C=O) groups excluding carboxylic acids is 3. The van der Waals surface area contributed by atoms with Gasteiger partial charge in [-0.3, -0.25) is 24.2 Å². The fourth-order valence-electron chi connectivity index (χ4n) is 11.8. The molecule has 5 aromatic rings. The Labute approximate surface area is 431 Å². The van der Waals surface area contributed by atoms with E-state index in [0.717, 1.165) is 111 Å². The normalized spacial score (nSPS) is 24.2. The van der Waals surface area contributed by atoms with E-state index < -0.39 is 23.6 Å². The summed E-state index contributed by atoms with van der Waals surface area (Å²) in [5.74, 6) is 0.814. The van der Waals surface area contributed by atoms with Crippen LogP contribution < -0.4 is 26.2 Å². The molecule has 3 unspecified atom stereocenters. The minimum absolute atomic E-state index is 0.0286. The fraction of sp³-hybridized carbons (Fsp3) is 0.519. The number of benzene rings is 2. The van der Waals surface area contributed by atoms with Crippen LogP contribution in [0.2, 0.25) is 0 Å². The number of phenols is 1. The van der Waals surface area contributed by atoms with Gasteiger partial charge in [0.1, 0.15) is 17.8 Å². The van der Waals surface area contributed by atoms with E-state index in [1.54, 1.807) is 23.5 Å². The summed E-state index contributed by atoms with van der Waals surface area (Å²) in [6, 6.07) is 16.3. The van der Waals surface area contributed by atoms with Crippen molar-refractivity contribution >= 4 is 46.5 Å². The van der Waals surface area contributed by atoms with Crippen LogP contribution in [0.3, 0.4) is 0 Å². The molecular weight excluding hydrogens is 943 g/mol. The molecule has 5 fully saturated rings. The molecule has 386 valence electrons. The number of carbonyl (C=O) groups is 3. The zero-order valence-electron chi connectivity index (χ0n) is 42.4. The molecule has 0 spiro atoms. The molecule has 3 amide bonds. The topological polar surface area (TPSA) is 222 Å². The van der Waals surface area contributed by atoms with Crippen molar-refractivity contribution in [3.8, 4) is 27.4 Å². The van der Waals surface area contributed by atoms with E-state index in [4.69, 9.17) is 15.7 Å². The summed E-state index contributed by atoms with van der Waals surface area (Å²) in [5, 5.41) is 35.7. The Bertz CT molecular complexity index is 2740. The number of rotatable bonds is 13. The number of likely N-dealkylation sites (tertiary alicyclic amines) is 1. The number of amides is 3. The summed E-state index contributed by atoms with van der Waals surface area (Å²) in [5.41, 5.74) is 13.8. The van der Waals surface area contributed by atoms with Crippen LogP contribution in [0.4, 0.5) is 17.5 Å². The predicted molar refractivity (Wildman–Crippen MR) is 282 cm³/mol. The summed E-state index contributed by atoms with van der Waals surface area (Å²) in [7, 11) is 0. The number of hydrogen-bond donors (Lipinski definition) is 5. The molecule has 4 aliphatic heterocycles. The molecule has 5 aliphatic rings. The Morgan fingerprint density at radius 3 is 2.21 bits per heavy atom. The quantitative estimate of drug-likeness (QED) is 0.105. The van der Waals surface area contributed by atoms with Gasteiger partial charge in [-0.05, 0) is 91.7 Å². The van der Waals surface area contributed by atoms with Gasteiger partial charge in [0, 0.05) is 94.9 Å². The molecule has 2 bridgehead atoms. The number of fused-ring (bicyclic) bond motifs is 2. The van der Waals surface area contributed by atoms with Crippen LogP contribution in [0, 0.1) is 12.3 Å². The molecule has 5 atom stereocenters. The number of nitrogens with two attached hydrogens (primary N) is 1. The van der Waals surface area contributed by atoms with Crippen molar-refractivity contribution in [3.63, 3.8) is 0 Å². The number of aromatic hydroxyl groups is 1. The first kappa shape index (κ1) is 50.3. The lowest BCUT2D eigenvalue weighted by molar-refractivity contribution is -0.144. The summed E-state index contributed by atoms with van der Waals surface area (Å²) in [6.07, 6.45) is 9.81. The second kappa shape index (κ2) is 21.3. The summed E-state index contributed by atoms with van der Waals surface area (Å²) in [4.78, 5) is 67.8. The second-order valence-electron chi connectivity index (χ2n) is 21.8. The number of aromatic nitrogens is 5. The van der Waals surface area contributed by atoms with Gasteiger partial charge in [0.15, 0.2) is 5.82 Å². The third-order valence-electron chi connectivity index (χ3n) is 15.9. The van der Waals surface area contributed by atoms with E-state index in [9.17, 15) is 24.6 Å². The lowest BCUT2D eigenvalue weighted by Crippen LogP contribution is -2.59. The van der Waals surface area contributed by atoms with E-state index in [1.165, 1.54) is 10.5 Å². The maximum atomic E-state index is 14.3. The smallest absolute Gasteiger partial charge is 0.246 e. The van der Waals surface area contributed by atoms with Gasteiger partial charge >= 0.3 is 0 Å². The molecule has 10 rings (SSSR count). The van der Waals surface area contributed by atoms with Crippen molar-refractivity contribution in [1.29, 1.82) is 0 Å². The van der Waals surface area contributed by atoms with Gasteiger partial charge < -0.3 is 41.3 Å². The Hall–Kier alpha value is -6.28. The molecule has 7 heterocycles. The predicted octanol–water partition coefficient (Wildman–Crippen LogP) is 4.96. The van der Waals surface area contributed by atoms with Crippen LogP contribution in [0.15, 0.2) is 72.5 Å². The number of nitrogens with one attached hydrogen (secondary N) is 2. The zero-order chi connectivity index (χ0) is 51.0. The molecule has 19 heteroatoms. The SMILES string of the molecule is Cc1ncsc1-c1ccc(CNC(=O)[C@@H]2C[C@@H](O)CN2C(=O)C(NC(=O)CN2CCN(C3CCC(c4cnc(N5C6CCC5CN(c5cc(-c7ccccc7O)nnc5N)C6)nc4)CC3)CC2)C(C)(C)C)cc1. The average molecular weight is 1010 g/mol. The lowest BCUT2D eigenvalue weighted by atomic mass is 9.82. The lowest BCUT2D eigenvalue weighted by Gasteiger charge is -2.42. The van der Waals surface area contributed by atoms with E-state index in [2.05, 4.69) is 45.4 Å². The van der Waals surface area contributed by atoms with Crippen LogP contribution >= 0.6 is 11.3 Å². The molecule has 3 aromatic heterocycles. The first-order valence-electron chi connectivity index (χ1n) is 25.9. The number of para-hydroxylation sites is 1. The van der Waals surface area contributed by atoms with Crippen molar-refractivity contribution in [3.05, 3.63) is 89.3 Å². The number of hydrogen-bond acceptors (Lipinski definition) is 16. The van der Waals surface area contributed by atoms with Crippen molar-refractivity contribution in [2.45, 2.75) is 121 Å². The third kappa shape index (κ3) is 11.0. The maximum Gasteiger partial charge on any atom is 0.246 e. The van der Waals surface area contributed by atoms with Crippen molar-refractivity contribution in [2.75, 3.05) is 67.9 Å². The van der Waals surface area contributed by atoms with E-state index in [-0.39, 0.29) is 61.6 Å². The minimum Gasteiger partial charge on any atom is -0.507 e. The molecule has 18 nitrogen and oxygen atoms in total. The average Bonchev–Trinajstić information content (AvgIpc) is 4.08.